The molecule has 0 aliphatic rings. The maximum Gasteiger partial charge on any atom is 0.335 e. The van der Waals surface area contributed by atoms with Gasteiger partial charge in [-0.2, -0.15) is 0 Å². The van der Waals surface area contributed by atoms with Gasteiger partial charge in [0.1, 0.15) is 11.5 Å². The third-order valence-corrected chi connectivity index (χ3v) is 5.28. The van der Waals surface area contributed by atoms with Crippen molar-refractivity contribution in [1.29, 1.82) is 0 Å². The summed E-state index contributed by atoms with van der Waals surface area (Å²) >= 11 is 0. The Bertz CT molecular complexity index is 1070. The Morgan fingerprint density at radius 1 is 0.750 bits per heavy atom. The van der Waals surface area contributed by atoms with Crippen LogP contribution in [0.5, 0.6) is 11.5 Å². The van der Waals surface area contributed by atoms with Gasteiger partial charge >= 0.3 is 5.97 Å². The molecule has 0 saturated carbocycles. The number of carboxylic acid groups (broad SMARTS) is 1. The minimum absolute atomic E-state index is 0.0207. The molecular weight excluding hydrogens is 408 g/mol. The molecule has 0 heterocycles. The molecule has 164 valence electrons. The van der Waals surface area contributed by atoms with Gasteiger partial charge in [-0.3, -0.25) is 9.59 Å². The van der Waals surface area contributed by atoms with E-state index >= 15 is 0 Å². The van der Waals surface area contributed by atoms with Crippen molar-refractivity contribution in [2.75, 3.05) is 14.2 Å². The first-order valence-corrected chi connectivity index (χ1v) is 10.1. The molecule has 3 aromatic rings. The summed E-state index contributed by atoms with van der Waals surface area (Å²) in [6.07, 6.45) is -0.0413. The van der Waals surface area contributed by atoms with Gasteiger partial charge in [0.15, 0.2) is 11.6 Å². The summed E-state index contributed by atoms with van der Waals surface area (Å²) < 4.78 is 10.4. The van der Waals surface area contributed by atoms with E-state index in [1.807, 2.05) is 0 Å². The fourth-order valence-corrected chi connectivity index (χ4v) is 3.62. The van der Waals surface area contributed by atoms with Crippen LogP contribution in [0.4, 0.5) is 0 Å². The van der Waals surface area contributed by atoms with Crippen molar-refractivity contribution < 1.29 is 29.0 Å². The Kier molecular flexibility index (Phi) is 7.39. The number of carboxylic acids is 1. The molecule has 6 heteroatoms. The zero-order chi connectivity index (χ0) is 23.1. The highest BCUT2D eigenvalue weighted by molar-refractivity contribution is 6.00. The lowest BCUT2D eigenvalue weighted by molar-refractivity contribution is 0.0692. The number of benzene rings is 3. The second kappa shape index (κ2) is 10.4. The molecule has 0 bridgehead atoms. The van der Waals surface area contributed by atoms with Gasteiger partial charge in [0, 0.05) is 24.0 Å². The lowest BCUT2D eigenvalue weighted by atomic mass is 9.84. The highest BCUT2D eigenvalue weighted by Gasteiger charge is 2.25. The number of rotatable bonds is 10. The highest BCUT2D eigenvalue weighted by atomic mass is 16.5. The van der Waals surface area contributed by atoms with E-state index in [2.05, 4.69) is 0 Å². The molecule has 6 nitrogen and oxygen atoms in total. The van der Waals surface area contributed by atoms with Crippen LogP contribution in [0.3, 0.4) is 0 Å². The maximum absolute atomic E-state index is 13.1. The average Bonchev–Trinajstić information content (AvgIpc) is 2.83. The molecule has 0 atom stereocenters. The number of ether oxygens (including phenoxy) is 2. The zero-order valence-corrected chi connectivity index (χ0v) is 17.9. The topological polar surface area (TPSA) is 89.9 Å². The summed E-state index contributed by atoms with van der Waals surface area (Å²) in [6.45, 7) is 0. The number of ketones is 2. The Morgan fingerprint density at radius 3 is 1.72 bits per heavy atom. The summed E-state index contributed by atoms with van der Waals surface area (Å²) in [4.78, 5) is 37.9. The molecule has 0 unspecified atom stereocenters. The lowest BCUT2D eigenvalue weighted by Gasteiger charge is -2.19. The first kappa shape index (κ1) is 22.7. The van der Waals surface area contributed by atoms with Gasteiger partial charge in [-0.05, 0) is 41.8 Å². The van der Waals surface area contributed by atoms with E-state index in [1.54, 1.807) is 66.7 Å². The molecule has 1 N–H and O–H groups in total. The summed E-state index contributed by atoms with van der Waals surface area (Å²) in [5, 5.41) is 9.65. The lowest BCUT2D eigenvalue weighted by Crippen LogP contribution is -2.16. The molecule has 0 amide bonds. The first-order chi connectivity index (χ1) is 15.4. The van der Waals surface area contributed by atoms with Gasteiger partial charge in [-0.25, -0.2) is 4.79 Å². The van der Waals surface area contributed by atoms with Gasteiger partial charge in [-0.1, -0.05) is 42.5 Å². The minimum Gasteiger partial charge on any atom is -0.497 e. The predicted octanol–water partition coefficient (Wildman–Crippen LogP) is 5.03. The quantitative estimate of drug-likeness (QED) is 0.452. The fourth-order valence-electron chi connectivity index (χ4n) is 3.62. The Labute approximate surface area is 186 Å². The van der Waals surface area contributed by atoms with Crippen LogP contribution >= 0.6 is 0 Å². The average molecular weight is 432 g/mol. The third-order valence-electron chi connectivity index (χ3n) is 5.28. The summed E-state index contributed by atoms with van der Waals surface area (Å²) in [5.74, 6) is -1.02. The van der Waals surface area contributed by atoms with Crippen LogP contribution in [-0.2, 0) is 0 Å². The second-order valence-electron chi connectivity index (χ2n) is 7.31. The Balaban J connectivity index is 1.95. The zero-order valence-electron chi connectivity index (χ0n) is 17.9. The van der Waals surface area contributed by atoms with Crippen molar-refractivity contribution in [1.82, 2.24) is 0 Å². The van der Waals surface area contributed by atoms with Crippen molar-refractivity contribution >= 4 is 17.5 Å². The summed E-state index contributed by atoms with van der Waals surface area (Å²) in [6, 6.07) is 20.0. The van der Waals surface area contributed by atoms with Crippen molar-refractivity contribution in [3.63, 3.8) is 0 Å². The van der Waals surface area contributed by atoms with Gasteiger partial charge in [0.05, 0.1) is 19.8 Å². The predicted molar refractivity (Wildman–Crippen MR) is 120 cm³/mol. The maximum atomic E-state index is 13.1. The molecule has 3 rings (SSSR count). The molecule has 0 aliphatic carbocycles. The van der Waals surface area contributed by atoms with Crippen molar-refractivity contribution in [3.8, 4) is 11.5 Å². The van der Waals surface area contributed by atoms with Crippen molar-refractivity contribution in [2.24, 2.45) is 0 Å². The third kappa shape index (κ3) is 5.40. The van der Waals surface area contributed by atoms with E-state index in [0.717, 1.165) is 0 Å². The van der Waals surface area contributed by atoms with Gasteiger partial charge in [0.2, 0.25) is 0 Å². The molecule has 0 aromatic heterocycles. The SMILES string of the molecule is COc1cccc(C(=O)CC(CC(=O)c2cccc(OC)c2)c2ccccc2C(=O)O)c1. The molecule has 32 heavy (non-hydrogen) atoms. The Morgan fingerprint density at radius 2 is 1.25 bits per heavy atom. The van der Waals surface area contributed by atoms with E-state index in [0.29, 0.717) is 28.2 Å². The van der Waals surface area contributed by atoms with E-state index in [1.165, 1.54) is 20.3 Å². The molecular formula is C26H24O6. The number of hydrogen-bond acceptors (Lipinski definition) is 5. The molecule has 0 fully saturated rings. The second-order valence-corrected chi connectivity index (χ2v) is 7.31. The number of carbonyl (C=O) groups excluding carboxylic acids is 2. The van der Waals surface area contributed by atoms with Gasteiger partial charge in [0.25, 0.3) is 0 Å². The van der Waals surface area contributed by atoms with Crippen molar-refractivity contribution in [3.05, 3.63) is 95.1 Å². The molecule has 0 spiro atoms. The highest BCUT2D eigenvalue weighted by Crippen LogP contribution is 2.31. The molecule has 3 aromatic carbocycles. The largest absolute Gasteiger partial charge is 0.497 e. The first-order valence-electron chi connectivity index (χ1n) is 10.1. The van der Waals surface area contributed by atoms with Crippen LogP contribution in [0.25, 0.3) is 0 Å². The van der Waals surface area contributed by atoms with Crippen LogP contribution in [0, 0.1) is 0 Å². The van der Waals surface area contributed by atoms with Crippen LogP contribution in [-0.4, -0.2) is 36.9 Å². The number of aromatic carboxylic acids is 1. The normalized spacial score (nSPS) is 10.6. The summed E-state index contributed by atoms with van der Waals surface area (Å²) in [5.41, 5.74) is 1.41. The van der Waals surface area contributed by atoms with Crippen molar-refractivity contribution in [2.45, 2.75) is 18.8 Å². The standard InChI is InChI=1S/C26H24O6/c1-31-20-9-5-7-17(13-20)24(27)15-19(22-11-3-4-12-23(22)26(29)30)16-25(28)18-8-6-10-21(14-18)32-2/h3-14,19H,15-16H2,1-2H3,(H,29,30). The molecule has 0 aliphatic heterocycles. The number of methoxy groups -OCH3 is 2. The van der Waals surface area contributed by atoms with E-state index in [4.69, 9.17) is 9.47 Å². The van der Waals surface area contributed by atoms with E-state index < -0.39 is 11.9 Å². The number of hydrogen-bond donors (Lipinski definition) is 1. The van der Waals surface area contributed by atoms with E-state index in [-0.39, 0.29) is 30.0 Å². The minimum atomic E-state index is -1.10. The van der Waals surface area contributed by atoms with E-state index in [9.17, 15) is 19.5 Å². The fraction of sp³-hybridized carbons (Fsp3) is 0.192. The van der Waals surface area contributed by atoms with Crippen LogP contribution < -0.4 is 9.47 Å². The van der Waals surface area contributed by atoms with Crippen LogP contribution in [0.15, 0.2) is 72.8 Å². The Hall–Kier alpha value is -3.93. The smallest absolute Gasteiger partial charge is 0.335 e. The van der Waals surface area contributed by atoms with Gasteiger partial charge < -0.3 is 14.6 Å². The van der Waals surface area contributed by atoms with Crippen LogP contribution in [0.1, 0.15) is 55.4 Å². The number of Topliss-reactive ketones (excluding diaryl/α,β-unsaturated/α-hetero) is 2. The summed E-state index contributed by atoms with van der Waals surface area (Å²) in [7, 11) is 3.03. The van der Waals surface area contributed by atoms with Gasteiger partial charge in [-0.15, -0.1) is 0 Å². The van der Waals surface area contributed by atoms with Crippen LogP contribution in [0.2, 0.25) is 0 Å². The molecule has 0 saturated heterocycles. The number of carbonyl (C=O) groups is 3. The molecule has 0 radical (unpaired) electrons. The monoisotopic (exact) mass is 432 g/mol.